The Morgan fingerprint density at radius 2 is 1.64 bits per heavy atom. The van der Waals surface area contributed by atoms with E-state index in [-0.39, 0.29) is 0 Å². The van der Waals surface area contributed by atoms with Crippen molar-refractivity contribution in [2.75, 3.05) is 26.2 Å². The Hall–Kier alpha value is -0.0800. The van der Waals surface area contributed by atoms with E-state index in [1.165, 1.54) is 71.1 Å². The van der Waals surface area contributed by atoms with Crippen molar-refractivity contribution in [2.45, 2.75) is 51.0 Å². The molecule has 0 unspecified atom stereocenters. The number of nitrogens with zero attached hydrogens (tertiary/aromatic N) is 1. The van der Waals surface area contributed by atoms with Crippen molar-refractivity contribution in [1.29, 1.82) is 0 Å². The topological polar surface area (TPSA) is 15.3 Å². The summed E-state index contributed by atoms with van der Waals surface area (Å²) in [6.45, 7) is 5.17. The molecule has 0 spiro atoms. The third-order valence-electron chi connectivity index (χ3n) is 3.66. The second-order valence-corrected chi connectivity index (χ2v) is 4.84. The van der Waals surface area contributed by atoms with Gasteiger partial charge in [-0.2, -0.15) is 0 Å². The number of nitrogens with one attached hydrogen (secondary N) is 1. The quantitative estimate of drug-likeness (QED) is 0.740. The molecule has 2 aliphatic rings. The van der Waals surface area contributed by atoms with E-state index in [0.29, 0.717) is 0 Å². The molecular weight excluding hydrogens is 172 g/mol. The summed E-state index contributed by atoms with van der Waals surface area (Å²) in [4.78, 5) is 2.64. The minimum atomic E-state index is 0.863. The molecule has 0 amide bonds. The zero-order valence-electron chi connectivity index (χ0n) is 9.30. The fraction of sp³-hybridized carbons (Fsp3) is 1.00. The highest BCUT2D eigenvalue weighted by Gasteiger charge is 2.16. The Kier molecular flexibility index (Phi) is 4.26. The number of rotatable bonds is 4. The second-order valence-electron chi connectivity index (χ2n) is 4.84. The molecule has 0 bridgehead atoms. The van der Waals surface area contributed by atoms with Crippen LogP contribution in [0.2, 0.25) is 0 Å². The average molecular weight is 196 g/mol. The van der Waals surface area contributed by atoms with Crippen LogP contribution in [0.5, 0.6) is 0 Å². The van der Waals surface area contributed by atoms with E-state index in [9.17, 15) is 0 Å². The summed E-state index contributed by atoms with van der Waals surface area (Å²) in [5.41, 5.74) is 0. The molecule has 1 aliphatic carbocycles. The lowest BCUT2D eigenvalue weighted by atomic mass is 9.93. The van der Waals surface area contributed by atoms with Crippen molar-refractivity contribution < 1.29 is 0 Å². The van der Waals surface area contributed by atoms with E-state index in [0.717, 1.165) is 6.04 Å². The van der Waals surface area contributed by atoms with Crippen molar-refractivity contribution in [3.05, 3.63) is 0 Å². The lowest BCUT2D eigenvalue weighted by Gasteiger charge is -2.28. The molecule has 0 atom stereocenters. The zero-order valence-corrected chi connectivity index (χ0v) is 9.30. The minimum absolute atomic E-state index is 0.863. The highest BCUT2D eigenvalue weighted by atomic mass is 15.1. The molecule has 1 saturated carbocycles. The van der Waals surface area contributed by atoms with E-state index < -0.39 is 0 Å². The largest absolute Gasteiger partial charge is 0.313 e. The molecule has 2 heteroatoms. The van der Waals surface area contributed by atoms with E-state index in [2.05, 4.69) is 10.2 Å². The van der Waals surface area contributed by atoms with Crippen molar-refractivity contribution >= 4 is 0 Å². The van der Waals surface area contributed by atoms with Gasteiger partial charge in [0, 0.05) is 19.1 Å². The van der Waals surface area contributed by atoms with Gasteiger partial charge < -0.3 is 10.2 Å². The first kappa shape index (κ1) is 10.4. The summed E-state index contributed by atoms with van der Waals surface area (Å²) in [6, 6.07) is 0.863. The van der Waals surface area contributed by atoms with Crippen LogP contribution < -0.4 is 5.32 Å². The molecule has 14 heavy (non-hydrogen) atoms. The first-order valence-corrected chi connectivity index (χ1v) is 6.41. The minimum Gasteiger partial charge on any atom is -0.313 e. The lowest BCUT2D eigenvalue weighted by Crippen LogP contribution is -2.40. The van der Waals surface area contributed by atoms with E-state index in [1.807, 2.05) is 0 Å². The van der Waals surface area contributed by atoms with Gasteiger partial charge in [-0.15, -0.1) is 0 Å². The lowest BCUT2D eigenvalue weighted by molar-refractivity contribution is 0.262. The average Bonchev–Trinajstić information content (AvgIpc) is 2.37. The van der Waals surface area contributed by atoms with Gasteiger partial charge in [0.2, 0.25) is 0 Å². The molecule has 0 aromatic carbocycles. The molecule has 1 aliphatic heterocycles. The van der Waals surface area contributed by atoms with E-state index >= 15 is 0 Å². The van der Waals surface area contributed by atoms with Crippen molar-refractivity contribution in [2.24, 2.45) is 0 Å². The second kappa shape index (κ2) is 5.72. The predicted molar refractivity (Wildman–Crippen MR) is 60.5 cm³/mol. The Morgan fingerprint density at radius 3 is 2.21 bits per heavy atom. The molecule has 0 aromatic heterocycles. The highest BCUT2D eigenvalue weighted by Crippen LogP contribution is 2.17. The maximum atomic E-state index is 3.65. The SMILES string of the molecule is C1CCCN(CCNC2CCC2)CC1. The molecule has 2 rings (SSSR count). The number of hydrogen-bond donors (Lipinski definition) is 1. The first-order chi connectivity index (χ1) is 6.95. The van der Waals surface area contributed by atoms with E-state index in [1.54, 1.807) is 0 Å². The van der Waals surface area contributed by atoms with Crippen LogP contribution in [0.3, 0.4) is 0 Å². The van der Waals surface area contributed by atoms with Gasteiger partial charge in [-0.05, 0) is 38.8 Å². The molecule has 1 heterocycles. The molecule has 2 nitrogen and oxygen atoms in total. The Bertz CT molecular complexity index is 146. The summed E-state index contributed by atoms with van der Waals surface area (Å²) in [5.74, 6) is 0. The van der Waals surface area contributed by atoms with Crippen LogP contribution in [0.1, 0.15) is 44.9 Å². The first-order valence-electron chi connectivity index (χ1n) is 6.41. The maximum Gasteiger partial charge on any atom is 0.0107 e. The van der Waals surface area contributed by atoms with Gasteiger partial charge in [0.15, 0.2) is 0 Å². The molecular formula is C12H24N2. The fourth-order valence-electron chi connectivity index (χ4n) is 2.40. The highest BCUT2D eigenvalue weighted by molar-refractivity contribution is 4.76. The van der Waals surface area contributed by atoms with Crippen molar-refractivity contribution in [3.63, 3.8) is 0 Å². The summed E-state index contributed by atoms with van der Waals surface area (Å²) < 4.78 is 0. The predicted octanol–water partition coefficient (Wildman–Crippen LogP) is 2.00. The summed E-state index contributed by atoms with van der Waals surface area (Å²) in [6.07, 6.45) is 10.0. The summed E-state index contributed by atoms with van der Waals surface area (Å²) in [7, 11) is 0. The summed E-state index contributed by atoms with van der Waals surface area (Å²) >= 11 is 0. The maximum absolute atomic E-state index is 3.65. The van der Waals surface area contributed by atoms with Crippen LogP contribution >= 0.6 is 0 Å². The van der Waals surface area contributed by atoms with Crippen LogP contribution in [0.15, 0.2) is 0 Å². The van der Waals surface area contributed by atoms with Crippen LogP contribution in [-0.2, 0) is 0 Å². The standard InChI is InChI=1S/C12H24N2/c1-2-4-10-14(9-3-1)11-8-13-12-6-5-7-12/h12-13H,1-11H2. The van der Waals surface area contributed by atoms with E-state index in [4.69, 9.17) is 0 Å². The third-order valence-corrected chi connectivity index (χ3v) is 3.66. The molecule has 0 radical (unpaired) electrons. The van der Waals surface area contributed by atoms with Crippen LogP contribution in [0.4, 0.5) is 0 Å². The normalized spacial score (nSPS) is 25.7. The van der Waals surface area contributed by atoms with Crippen LogP contribution in [0.25, 0.3) is 0 Å². The molecule has 82 valence electrons. The van der Waals surface area contributed by atoms with Crippen molar-refractivity contribution in [3.8, 4) is 0 Å². The number of likely N-dealkylation sites (tertiary alicyclic amines) is 1. The van der Waals surface area contributed by atoms with Gasteiger partial charge in [0.05, 0.1) is 0 Å². The fourth-order valence-corrected chi connectivity index (χ4v) is 2.40. The van der Waals surface area contributed by atoms with Gasteiger partial charge in [0.25, 0.3) is 0 Å². The van der Waals surface area contributed by atoms with Crippen molar-refractivity contribution in [1.82, 2.24) is 10.2 Å². The smallest absolute Gasteiger partial charge is 0.0107 e. The van der Waals surface area contributed by atoms with Gasteiger partial charge in [-0.3, -0.25) is 0 Å². The third kappa shape index (κ3) is 3.25. The van der Waals surface area contributed by atoms with Crippen LogP contribution in [-0.4, -0.2) is 37.1 Å². The van der Waals surface area contributed by atoms with Gasteiger partial charge in [-0.1, -0.05) is 19.3 Å². The summed E-state index contributed by atoms with van der Waals surface area (Å²) in [5, 5.41) is 3.65. The molecule has 1 N–H and O–H groups in total. The number of hydrogen-bond acceptors (Lipinski definition) is 2. The molecule has 2 fully saturated rings. The van der Waals surface area contributed by atoms with Gasteiger partial charge >= 0.3 is 0 Å². The Morgan fingerprint density at radius 1 is 0.929 bits per heavy atom. The Balaban J connectivity index is 1.54. The molecule has 0 aromatic rings. The monoisotopic (exact) mass is 196 g/mol. The molecule has 1 saturated heterocycles. The van der Waals surface area contributed by atoms with Crippen LogP contribution in [0, 0.1) is 0 Å². The van der Waals surface area contributed by atoms with Gasteiger partial charge in [0.1, 0.15) is 0 Å². The van der Waals surface area contributed by atoms with Gasteiger partial charge in [-0.25, -0.2) is 0 Å². The zero-order chi connectivity index (χ0) is 9.64. The Labute approximate surface area is 88.1 Å².